The summed E-state index contributed by atoms with van der Waals surface area (Å²) >= 11 is 2.11. The zero-order chi connectivity index (χ0) is 29.2. The van der Waals surface area contributed by atoms with Crippen LogP contribution in [-0.2, 0) is 4.43 Å². The molecule has 3 atom stereocenters. The number of amides is 1. The molecule has 218 valence electrons. The van der Waals surface area contributed by atoms with Gasteiger partial charge in [-0.1, -0.05) is 95.2 Å². The second-order valence-corrected chi connectivity index (χ2v) is 27.2. The average molecular weight is 582 g/mol. The monoisotopic (exact) mass is 581 g/mol. The van der Waals surface area contributed by atoms with E-state index in [1.54, 1.807) is 0 Å². The van der Waals surface area contributed by atoms with Crippen molar-refractivity contribution in [3.63, 3.8) is 0 Å². The Balaban J connectivity index is 2.50. The number of piperidine rings is 1. The third kappa shape index (κ3) is 6.56. The van der Waals surface area contributed by atoms with Gasteiger partial charge in [0.15, 0.2) is 0 Å². The lowest BCUT2D eigenvalue weighted by Crippen LogP contribution is -2.59. The van der Waals surface area contributed by atoms with Crippen molar-refractivity contribution in [3.8, 4) is 0 Å². The van der Waals surface area contributed by atoms with Crippen molar-refractivity contribution < 1.29 is 19.4 Å². The van der Waals surface area contributed by atoms with Gasteiger partial charge >= 0.3 is 6.09 Å². The Bertz CT molecular complexity index is 860. The van der Waals surface area contributed by atoms with Crippen LogP contribution < -0.4 is 0 Å². The third-order valence-corrected chi connectivity index (χ3v) is 27.6. The predicted molar refractivity (Wildman–Crippen MR) is 168 cm³/mol. The van der Waals surface area contributed by atoms with Gasteiger partial charge in [0.25, 0.3) is 0 Å². The van der Waals surface area contributed by atoms with Gasteiger partial charge in [-0.3, -0.25) is 0 Å². The first-order valence-corrected chi connectivity index (χ1v) is 20.6. The van der Waals surface area contributed by atoms with Crippen LogP contribution in [0.15, 0.2) is 29.2 Å². The van der Waals surface area contributed by atoms with Crippen molar-refractivity contribution in [2.45, 2.75) is 139 Å². The summed E-state index contributed by atoms with van der Waals surface area (Å²) in [6, 6.07) is 8.76. The summed E-state index contributed by atoms with van der Waals surface area (Å²) in [5.41, 5.74) is 4.15. The molecule has 1 heterocycles. The van der Waals surface area contributed by atoms with E-state index >= 15 is 0 Å². The molecule has 1 amide bonds. The molecular weight excluding hydrogens is 527 g/mol. The SMILES string of the molecule is CC(C)[Si](O[C@@H]1CN(C(=O)O)C[C@H](O)[C@H]1c1ccc(S[Si](C(C)C)(C(C)C)C(C)C)cc1)(C(C)C)C(C)C. The van der Waals surface area contributed by atoms with Gasteiger partial charge in [-0.25, -0.2) is 4.79 Å². The molecule has 0 radical (unpaired) electrons. The fourth-order valence-corrected chi connectivity index (χ4v) is 22.4. The van der Waals surface area contributed by atoms with E-state index in [2.05, 4.69) is 119 Å². The number of nitrogens with zero attached hydrogens (tertiary/aromatic N) is 1. The molecule has 0 unspecified atom stereocenters. The maximum atomic E-state index is 12.0. The number of aliphatic hydroxyl groups is 1. The first-order chi connectivity index (χ1) is 17.5. The Morgan fingerprint density at radius 3 is 1.63 bits per heavy atom. The Morgan fingerprint density at radius 2 is 1.26 bits per heavy atom. The molecular formula is C30H55NO4SSi2. The Labute approximate surface area is 238 Å². The normalized spacial score (nSPS) is 21.6. The van der Waals surface area contributed by atoms with E-state index in [-0.39, 0.29) is 18.6 Å². The molecule has 1 saturated heterocycles. The highest BCUT2D eigenvalue weighted by Gasteiger charge is 2.50. The van der Waals surface area contributed by atoms with Crippen molar-refractivity contribution in [2.24, 2.45) is 0 Å². The summed E-state index contributed by atoms with van der Waals surface area (Å²) < 4.78 is 7.16. The zero-order valence-corrected chi connectivity index (χ0v) is 28.8. The lowest BCUT2D eigenvalue weighted by Gasteiger charge is -2.49. The number of carbonyl (C=O) groups is 1. The highest BCUT2D eigenvalue weighted by atomic mass is 32.4. The summed E-state index contributed by atoms with van der Waals surface area (Å²) in [5.74, 6) is -0.255. The minimum Gasteiger partial charge on any atom is -0.465 e. The molecule has 1 aromatic rings. The molecule has 8 heteroatoms. The van der Waals surface area contributed by atoms with Gasteiger partial charge in [-0.15, -0.1) is 0 Å². The first kappa shape index (κ1) is 33.4. The number of benzene rings is 1. The van der Waals surface area contributed by atoms with E-state index in [0.717, 1.165) is 5.56 Å². The Morgan fingerprint density at radius 1 is 0.816 bits per heavy atom. The summed E-state index contributed by atoms with van der Waals surface area (Å²) in [4.78, 5) is 14.6. The van der Waals surface area contributed by atoms with Gasteiger partial charge in [0.1, 0.15) is 7.22 Å². The van der Waals surface area contributed by atoms with Crippen LogP contribution in [0.3, 0.4) is 0 Å². The summed E-state index contributed by atoms with van der Waals surface area (Å²) in [6.07, 6.45) is -2.18. The lowest BCUT2D eigenvalue weighted by atomic mass is 9.85. The molecule has 0 bridgehead atoms. The molecule has 5 nitrogen and oxygen atoms in total. The Hall–Kier alpha value is -0.806. The van der Waals surface area contributed by atoms with Crippen LogP contribution in [0.1, 0.15) is 94.6 Å². The summed E-state index contributed by atoms with van der Waals surface area (Å²) in [5, 5.41) is 21.1. The molecule has 1 fully saturated rings. The quantitative estimate of drug-likeness (QED) is 0.255. The number of carboxylic acid groups (broad SMARTS) is 1. The van der Waals surface area contributed by atoms with Crippen molar-refractivity contribution in [2.75, 3.05) is 13.1 Å². The summed E-state index contributed by atoms with van der Waals surface area (Å²) in [7, 11) is -3.96. The molecule has 1 aliphatic heterocycles. The molecule has 0 saturated carbocycles. The number of β-amino-alcohol motifs (C(OH)–C–C–N with tert-alkyl or cyclic N) is 1. The standard InChI is InChI=1S/C30H55NO4SSi2/c1-19(2)37(20(3)4,21(5)6)35-28-18-31(30(33)34)17-27(32)29(28)25-13-15-26(16-14-25)36-38(22(7)8,23(9)10)24(11)12/h13-16,19-24,27-29,32H,17-18H2,1-12H3,(H,33,34)/t27-,28+,29+/m0/s1. The van der Waals surface area contributed by atoms with Crippen molar-refractivity contribution >= 4 is 32.8 Å². The third-order valence-electron chi connectivity index (χ3n) is 9.22. The van der Waals surface area contributed by atoms with Crippen molar-refractivity contribution in [3.05, 3.63) is 29.8 Å². The van der Waals surface area contributed by atoms with E-state index in [0.29, 0.717) is 39.8 Å². The molecule has 0 spiro atoms. The van der Waals surface area contributed by atoms with Gasteiger partial charge in [-0.2, -0.15) is 11.2 Å². The smallest absolute Gasteiger partial charge is 0.407 e. The summed E-state index contributed by atoms with van der Waals surface area (Å²) in [6.45, 7) is 28.2. The van der Waals surface area contributed by atoms with Crippen LogP contribution in [0.4, 0.5) is 4.79 Å². The van der Waals surface area contributed by atoms with E-state index in [9.17, 15) is 15.0 Å². The van der Waals surface area contributed by atoms with Gasteiger partial charge in [-0.05, 0) is 50.9 Å². The van der Waals surface area contributed by atoms with Gasteiger partial charge in [0.05, 0.1) is 18.8 Å². The zero-order valence-electron chi connectivity index (χ0n) is 26.0. The molecule has 0 aliphatic carbocycles. The predicted octanol–water partition coefficient (Wildman–Crippen LogP) is 8.95. The van der Waals surface area contributed by atoms with Gasteiger partial charge in [0, 0.05) is 17.4 Å². The maximum absolute atomic E-state index is 12.0. The van der Waals surface area contributed by atoms with Crippen LogP contribution >= 0.6 is 11.2 Å². The first-order valence-electron chi connectivity index (χ1n) is 14.6. The van der Waals surface area contributed by atoms with E-state index in [1.807, 2.05) is 0 Å². The minimum atomic E-state index is -2.29. The van der Waals surface area contributed by atoms with Gasteiger partial charge in [0.2, 0.25) is 8.32 Å². The second-order valence-electron chi connectivity index (χ2n) is 13.2. The molecule has 1 aromatic carbocycles. The highest BCUT2D eigenvalue weighted by molar-refractivity contribution is 8.29. The van der Waals surface area contributed by atoms with Crippen LogP contribution in [-0.4, -0.2) is 62.0 Å². The average Bonchev–Trinajstić information content (AvgIpc) is 2.79. The second kappa shape index (κ2) is 13.2. The number of aliphatic hydroxyl groups excluding tert-OH is 1. The topological polar surface area (TPSA) is 70.0 Å². The van der Waals surface area contributed by atoms with Crippen LogP contribution in [0.5, 0.6) is 0 Å². The number of rotatable bonds is 11. The molecule has 1 aliphatic rings. The molecule has 2 rings (SSSR count). The van der Waals surface area contributed by atoms with E-state index in [4.69, 9.17) is 4.43 Å². The molecule has 0 aromatic heterocycles. The number of hydrogen-bond donors (Lipinski definition) is 2. The van der Waals surface area contributed by atoms with E-state index < -0.39 is 27.7 Å². The maximum Gasteiger partial charge on any atom is 0.407 e. The molecule has 38 heavy (non-hydrogen) atoms. The molecule has 2 N–H and O–H groups in total. The highest BCUT2D eigenvalue weighted by Crippen LogP contribution is 2.52. The van der Waals surface area contributed by atoms with Crippen molar-refractivity contribution in [1.82, 2.24) is 4.90 Å². The number of hydrogen-bond acceptors (Lipinski definition) is 4. The minimum absolute atomic E-state index is 0.111. The van der Waals surface area contributed by atoms with E-state index in [1.165, 1.54) is 9.80 Å². The largest absolute Gasteiger partial charge is 0.465 e. The fourth-order valence-electron chi connectivity index (χ4n) is 7.68. The number of likely N-dealkylation sites (tertiary alicyclic amines) is 1. The van der Waals surface area contributed by atoms with Crippen molar-refractivity contribution in [1.29, 1.82) is 0 Å². The van der Waals surface area contributed by atoms with Crippen LogP contribution in [0.25, 0.3) is 0 Å². The van der Waals surface area contributed by atoms with Gasteiger partial charge < -0.3 is 19.5 Å². The lowest BCUT2D eigenvalue weighted by molar-refractivity contribution is -0.0190. The fraction of sp³-hybridized carbons (Fsp3) is 0.767. The Kier molecular flexibility index (Phi) is 11.6. The van der Waals surface area contributed by atoms with Crippen LogP contribution in [0, 0.1) is 0 Å². The van der Waals surface area contributed by atoms with Crippen LogP contribution in [0.2, 0.25) is 33.2 Å².